The first-order chi connectivity index (χ1) is 3.41. The van der Waals surface area contributed by atoms with Crippen LogP contribution in [0.2, 0.25) is 0 Å². The molecular weight excluding hydrogens is 208 g/mol. The zero-order valence-electron chi connectivity index (χ0n) is 6.51. The first-order valence-electron chi connectivity index (χ1n) is 1.22. The Morgan fingerprint density at radius 2 is 1.18 bits per heavy atom. The molecule has 0 aromatic heterocycles. The summed E-state index contributed by atoms with van der Waals surface area (Å²) in [6.07, 6.45) is 0. The van der Waals surface area contributed by atoms with E-state index in [-0.39, 0.29) is 88.7 Å². The van der Waals surface area contributed by atoms with Crippen molar-refractivity contribution in [1.82, 2.24) is 0 Å². The minimum atomic E-state index is -5.14. The third-order valence-electron chi connectivity index (χ3n) is 0. The molecule has 0 fully saturated rings. The molecule has 0 rings (SSSR count). The molecule has 50 valence electrons. The van der Waals surface area contributed by atoms with Crippen molar-refractivity contribution in [2.24, 2.45) is 0 Å². The van der Waals surface area contributed by atoms with Crippen LogP contribution in [-0.4, -0.2) is 11.4 Å². The molecule has 0 atom stereocenters. The van der Waals surface area contributed by atoms with Crippen molar-refractivity contribution in [3.63, 3.8) is 0 Å². The van der Waals surface area contributed by atoms with Gasteiger partial charge in [-0.1, -0.05) is 0 Å². The number of carboxylic acid groups (broad SMARTS) is 1. The Bertz CT molecular complexity index is 91.7. The molecule has 0 saturated heterocycles. The summed E-state index contributed by atoms with van der Waals surface area (Å²) in [5.41, 5.74) is 0. The van der Waals surface area contributed by atoms with Crippen LogP contribution in [0, 0.1) is 0 Å². The van der Waals surface area contributed by atoms with Gasteiger partial charge in [-0.05, 0) is 0 Å². The summed E-state index contributed by atoms with van der Waals surface area (Å²) in [6.45, 7) is -0.500. The van der Waals surface area contributed by atoms with E-state index in [1.54, 1.807) is 0 Å². The van der Waals surface area contributed by atoms with E-state index in [2.05, 4.69) is 0 Å². The maximum atomic E-state index is 8.66. The Morgan fingerprint density at radius 3 is 1.18 bits per heavy atom. The predicted octanol–water partition coefficient (Wildman–Crippen LogP) is -12.8. The summed E-state index contributed by atoms with van der Waals surface area (Å²) >= 11 is 0. The molecule has 0 aliphatic rings. The van der Waals surface area contributed by atoms with Gasteiger partial charge in [-0.2, -0.15) is 0 Å². The fourth-order valence-corrected chi connectivity index (χ4v) is 0. The van der Waals surface area contributed by atoms with E-state index >= 15 is 0 Å². The molecule has 0 aromatic rings. The second kappa shape index (κ2) is 18.4. The normalized spacial score (nSPS) is 6.45. The van der Waals surface area contributed by atoms with Gasteiger partial charge < -0.3 is 29.1 Å². The van der Waals surface area contributed by atoms with E-state index in [1.807, 2.05) is 0 Å². The molecular formula is CH2Na3O6P. The molecule has 0 bridgehead atoms. The van der Waals surface area contributed by atoms with E-state index < -0.39 is 14.3 Å². The van der Waals surface area contributed by atoms with E-state index in [4.69, 9.17) is 29.1 Å². The van der Waals surface area contributed by atoms with Gasteiger partial charge >= 0.3 is 88.7 Å². The third-order valence-corrected chi connectivity index (χ3v) is 0. The first kappa shape index (κ1) is 29.2. The van der Waals surface area contributed by atoms with Gasteiger partial charge in [0.1, 0.15) is 0 Å². The molecule has 6 nitrogen and oxygen atoms in total. The van der Waals surface area contributed by atoms with Crippen LogP contribution in [0.3, 0.4) is 0 Å². The number of phosphoric acid groups is 1. The van der Waals surface area contributed by atoms with Crippen molar-refractivity contribution in [1.29, 1.82) is 0 Å². The summed E-state index contributed by atoms with van der Waals surface area (Å²) in [4.78, 5) is 32.5. The molecule has 0 aliphatic carbocycles. The minimum absolute atomic E-state index is 0. The van der Waals surface area contributed by atoms with Gasteiger partial charge in [0, 0.05) is 6.47 Å². The molecule has 11 heavy (non-hydrogen) atoms. The Kier molecular flexibility index (Phi) is 48.8. The fraction of sp³-hybridized carbons (Fsp3) is 0. The van der Waals surface area contributed by atoms with Crippen molar-refractivity contribution >= 4 is 14.3 Å². The molecule has 0 aliphatic heterocycles. The van der Waals surface area contributed by atoms with Gasteiger partial charge in [0.15, 0.2) is 0 Å². The Morgan fingerprint density at radius 1 is 1.18 bits per heavy atom. The molecule has 0 unspecified atom stereocenters. The van der Waals surface area contributed by atoms with Crippen LogP contribution in [0.4, 0.5) is 0 Å². The van der Waals surface area contributed by atoms with Crippen molar-refractivity contribution in [2.75, 3.05) is 0 Å². The second-order valence-electron chi connectivity index (χ2n) is 0.565. The van der Waals surface area contributed by atoms with Gasteiger partial charge in [-0.3, -0.25) is 0 Å². The Hall–Kier alpha value is 2.58. The SMILES string of the molecule is O=C[O-].O=P([O-])([O-])O.[Na+].[Na+].[Na+]. The van der Waals surface area contributed by atoms with Gasteiger partial charge in [0.05, 0.1) is 7.82 Å². The van der Waals surface area contributed by atoms with Crippen molar-refractivity contribution < 1.29 is 118 Å². The molecule has 10 heteroatoms. The van der Waals surface area contributed by atoms with Gasteiger partial charge in [-0.15, -0.1) is 0 Å². The first-order valence-corrected chi connectivity index (χ1v) is 2.71. The quantitative estimate of drug-likeness (QED) is 0.240. The monoisotopic (exact) mass is 210 g/mol. The number of hydrogen-bond donors (Lipinski definition) is 1. The van der Waals surface area contributed by atoms with Crippen LogP contribution in [0.15, 0.2) is 0 Å². The summed E-state index contributed by atoms with van der Waals surface area (Å²) in [6, 6.07) is 0. The zero-order chi connectivity index (χ0) is 7.21. The molecule has 0 aromatic carbocycles. The van der Waals surface area contributed by atoms with Gasteiger partial charge in [-0.25, -0.2) is 0 Å². The fourth-order valence-electron chi connectivity index (χ4n) is 0. The van der Waals surface area contributed by atoms with E-state index in [0.29, 0.717) is 0 Å². The van der Waals surface area contributed by atoms with Crippen molar-refractivity contribution in [2.45, 2.75) is 0 Å². The average Bonchev–Trinajstić information content (AvgIpc) is 1.27. The summed E-state index contributed by atoms with van der Waals surface area (Å²) in [5, 5.41) is 8.25. The van der Waals surface area contributed by atoms with Crippen LogP contribution < -0.4 is 104 Å². The number of carbonyl (C=O) groups excluding carboxylic acids is 1. The molecule has 0 saturated carbocycles. The van der Waals surface area contributed by atoms with E-state index in [0.717, 1.165) is 0 Å². The predicted molar refractivity (Wildman–Crippen MR) is 15.9 cm³/mol. The van der Waals surface area contributed by atoms with Crippen LogP contribution >= 0.6 is 7.82 Å². The molecule has 0 spiro atoms. The topological polar surface area (TPSA) is 124 Å². The van der Waals surface area contributed by atoms with Crippen LogP contribution in [-0.2, 0) is 9.36 Å². The summed E-state index contributed by atoms with van der Waals surface area (Å²) < 4.78 is 8.66. The largest absolute Gasteiger partial charge is 1.00 e. The second-order valence-corrected chi connectivity index (χ2v) is 1.50. The minimum Gasteiger partial charge on any atom is -0.790 e. The molecule has 0 radical (unpaired) electrons. The summed E-state index contributed by atoms with van der Waals surface area (Å²) in [7, 11) is -5.14. The Balaban J connectivity index is -0.0000000183. The molecule has 0 amide bonds. The zero-order valence-corrected chi connectivity index (χ0v) is 13.4. The van der Waals surface area contributed by atoms with Crippen LogP contribution in [0.1, 0.15) is 0 Å². The van der Waals surface area contributed by atoms with E-state index in [9.17, 15) is 0 Å². The number of hydrogen-bond acceptors (Lipinski definition) is 5. The number of carbonyl (C=O) groups is 1. The summed E-state index contributed by atoms with van der Waals surface area (Å²) in [5.74, 6) is 0. The average molecular weight is 210 g/mol. The van der Waals surface area contributed by atoms with E-state index in [1.165, 1.54) is 0 Å². The van der Waals surface area contributed by atoms with Gasteiger partial charge in [0.2, 0.25) is 0 Å². The standard InChI is InChI=1S/CH2O2.3Na.H3O4P/c2-1-3;;;;1-5(2,3)4/h1H,(H,2,3);;;;(H3,1,2,3,4)/q;3*+1;/p-3. The van der Waals surface area contributed by atoms with Crippen LogP contribution in [0.25, 0.3) is 0 Å². The molecule has 1 N–H and O–H groups in total. The molecule has 0 heterocycles. The smallest absolute Gasteiger partial charge is 0.790 e. The van der Waals surface area contributed by atoms with Gasteiger partial charge in [0.25, 0.3) is 0 Å². The van der Waals surface area contributed by atoms with Crippen LogP contribution in [0.5, 0.6) is 0 Å². The Labute approximate surface area is 130 Å². The third kappa shape index (κ3) is 212. The number of rotatable bonds is 0. The van der Waals surface area contributed by atoms with Crippen molar-refractivity contribution in [3.05, 3.63) is 0 Å². The van der Waals surface area contributed by atoms with Crippen molar-refractivity contribution in [3.8, 4) is 0 Å². The maximum absolute atomic E-state index is 8.66. The maximum Gasteiger partial charge on any atom is 1.00 e.